The molecule has 0 unspecified atom stereocenters. The molecule has 0 saturated heterocycles. The Bertz CT molecular complexity index is 845. The van der Waals surface area contributed by atoms with Gasteiger partial charge in [0, 0.05) is 10.5 Å². The highest BCUT2D eigenvalue weighted by molar-refractivity contribution is 8.14. The molecular formula is C24H30O3S. The predicted octanol–water partition coefficient (Wildman–Crippen LogP) is 6.35. The van der Waals surface area contributed by atoms with Gasteiger partial charge in [-0.05, 0) is 60.2 Å². The monoisotopic (exact) mass is 398 g/mol. The summed E-state index contributed by atoms with van der Waals surface area (Å²) >= 11 is 1.10. The number of rotatable bonds is 6. The average Bonchev–Trinajstić information content (AvgIpc) is 2.63. The lowest BCUT2D eigenvalue weighted by Crippen LogP contribution is -2.15. The van der Waals surface area contributed by atoms with Crippen molar-refractivity contribution in [3.05, 3.63) is 64.2 Å². The third-order valence-electron chi connectivity index (χ3n) is 4.56. The maximum absolute atomic E-state index is 12.9. The number of carbonyl (C=O) groups is 2. The summed E-state index contributed by atoms with van der Waals surface area (Å²) in [5.74, 6) is -0.384. The molecule has 150 valence electrons. The van der Waals surface area contributed by atoms with Gasteiger partial charge in [-0.15, -0.1) is 0 Å². The van der Waals surface area contributed by atoms with E-state index in [-0.39, 0.29) is 16.5 Å². The summed E-state index contributed by atoms with van der Waals surface area (Å²) < 4.78 is 5.26. The summed E-state index contributed by atoms with van der Waals surface area (Å²) in [6.07, 6.45) is 2.08. The van der Waals surface area contributed by atoms with E-state index >= 15 is 0 Å². The van der Waals surface area contributed by atoms with E-state index in [1.165, 1.54) is 5.56 Å². The Hall–Kier alpha value is -2.07. The van der Waals surface area contributed by atoms with Gasteiger partial charge in [0.2, 0.25) is 5.12 Å². The van der Waals surface area contributed by atoms with Crippen LogP contribution in [-0.2, 0) is 16.6 Å². The second kappa shape index (κ2) is 9.42. The van der Waals surface area contributed by atoms with E-state index in [1.807, 2.05) is 37.3 Å². The molecule has 2 aromatic rings. The van der Waals surface area contributed by atoms with Gasteiger partial charge in [-0.25, -0.2) is 4.79 Å². The van der Waals surface area contributed by atoms with Crippen molar-refractivity contribution in [2.75, 3.05) is 6.61 Å². The quantitative estimate of drug-likeness (QED) is 0.420. The first-order chi connectivity index (χ1) is 13.2. The summed E-state index contributed by atoms with van der Waals surface area (Å²) in [5, 5.41) is -0.0693. The number of carbonyl (C=O) groups excluding carboxylic acids is 2. The number of hydrogen-bond donors (Lipinski definition) is 0. The lowest BCUT2D eigenvalue weighted by Gasteiger charge is -2.22. The Morgan fingerprint density at radius 2 is 1.68 bits per heavy atom. The number of esters is 1. The lowest BCUT2D eigenvalue weighted by atomic mass is 9.85. The van der Waals surface area contributed by atoms with Crippen molar-refractivity contribution in [2.45, 2.75) is 64.7 Å². The summed E-state index contributed by atoms with van der Waals surface area (Å²) in [6, 6.07) is 11.7. The van der Waals surface area contributed by atoms with E-state index in [1.54, 1.807) is 6.92 Å². The van der Waals surface area contributed by atoms with Crippen LogP contribution >= 0.6 is 11.8 Å². The Kier molecular flexibility index (Phi) is 7.48. The minimum Gasteiger partial charge on any atom is -0.462 e. The minimum absolute atomic E-state index is 0.0693. The van der Waals surface area contributed by atoms with Gasteiger partial charge in [-0.2, -0.15) is 0 Å². The normalized spacial score (nSPS) is 11.4. The zero-order valence-corrected chi connectivity index (χ0v) is 18.5. The first kappa shape index (κ1) is 22.2. The highest BCUT2D eigenvalue weighted by Gasteiger charge is 2.23. The number of ether oxygens (including phenoxy) is 1. The topological polar surface area (TPSA) is 43.4 Å². The highest BCUT2D eigenvalue weighted by Crippen LogP contribution is 2.34. The summed E-state index contributed by atoms with van der Waals surface area (Å²) in [5.41, 5.74) is 4.19. The standard InChI is InChI=1S/C24H30O3S/c1-7-9-17-10-12-18(13-11-17)23(26)28-21-16(3)14-19(24(4,5)6)15-20(21)22(25)27-8-2/h10-15H,7-9H2,1-6H3. The Balaban J connectivity index is 2.40. The second-order valence-electron chi connectivity index (χ2n) is 7.98. The third-order valence-corrected chi connectivity index (χ3v) is 5.73. The zero-order chi connectivity index (χ0) is 20.9. The fourth-order valence-electron chi connectivity index (χ4n) is 2.95. The molecule has 4 heteroatoms. The molecule has 0 amide bonds. The van der Waals surface area contributed by atoms with E-state index in [4.69, 9.17) is 4.74 Å². The van der Waals surface area contributed by atoms with Gasteiger partial charge >= 0.3 is 5.97 Å². The Labute approximate surface area is 172 Å². The molecule has 2 aromatic carbocycles. The summed E-state index contributed by atoms with van der Waals surface area (Å²) in [4.78, 5) is 26.1. The van der Waals surface area contributed by atoms with Gasteiger partial charge in [0.25, 0.3) is 0 Å². The predicted molar refractivity (Wildman–Crippen MR) is 116 cm³/mol. The van der Waals surface area contributed by atoms with Gasteiger partial charge in [0.1, 0.15) is 0 Å². The van der Waals surface area contributed by atoms with Gasteiger partial charge in [-0.1, -0.05) is 64.4 Å². The van der Waals surface area contributed by atoms with Gasteiger partial charge in [0.15, 0.2) is 0 Å². The molecule has 0 aliphatic rings. The zero-order valence-electron chi connectivity index (χ0n) is 17.7. The molecule has 28 heavy (non-hydrogen) atoms. The molecule has 0 atom stereocenters. The molecule has 0 heterocycles. The van der Waals surface area contributed by atoms with Crippen molar-refractivity contribution in [3.63, 3.8) is 0 Å². The van der Waals surface area contributed by atoms with E-state index < -0.39 is 0 Å². The van der Waals surface area contributed by atoms with Crippen molar-refractivity contribution in [2.24, 2.45) is 0 Å². The van der Waals surface area contributed by atoms with Crippen molar-refractivity contribution in [1.82, 2.24) is 0 Å². The van der Waals surface area contributed by atoms with Crippen LogP contribution in [0.5, 0.6) is 0 Å². The van der Waals surface area contributed by atoms with Crippen LogP contribution in [-0.4, -0.2) is 17.7 Å². The van der Waals surface area contributed by atoms with Crippen LogP contribution in [0.4, 0.5) is 0 Å². The molecule has 0 aliphatic heterocycles. The molecule has 0 saturated carbocycles. The van der Waals surface area contributed by atoms with Crippen LogP contribution in [0.3, 0.4) is 0 Å². The molecule has 0 bridgehead atoms. The van der Waals surface area contributed by atoms with Crippen LogP contribution in [0.2, 0.25) is 0 Å². The SMILES string of the molecule is CCCc1ccc(C(=O)Sc2c(C)cc(C(C)(C)C)cc2C(=O)OCC)cc1. The van der Waals surface area contributed by atoms with Crippen LogP contribution in [0.25, 0.3) is 0 Å². The van der Waals surface area contributed by atoms with Crippen molar-refractivity contribution < 1.29 is 14.3 Å². The first-order valence-electron chi connectivity index (χ1n) is 9.80. The van der Waals surface area contributed by atoms with Crippen molar-refractivity contribution in [3.8, 4) is 0 Å². The largest absolute Gasteiger partial charge is 0.462 e. The lowest BCUT2D eigenvalue weighted by molar-refractivity contribution is 0.0522. The number of aryl methyl sites for hydroxylation is 2. The maximum Gasteiger partial charge on any atom is 0.339 e. The number of hydrogen-bond acceptors (Lipinski definition) is 4. The van der Waals surface area contributed by atoms with Crippen LogP contribution in [0.15, 0.2) is 41.3 Å². The van der Waals surface area contributed by atoms with Gasteiger partial charge in [0.05, 0.1) is 12.2 Å². The number of thioether (sulfide) groups is 1. The number of benzene rings is 2. The van der Waals surface area contributed by atoms with E-state index in [0.29, 0.717) is 22.6 Å². The highest BCUT2D eigenvalue weighted by atomic mass is 32.2. The van der Waals surface area contributed by atoms with Crippen molar-refractivity contribution >= 4 is 22.8 Å². The Morgan fingerprint density at radius 3 is 2.21 bits per heavy atom. The van der Waals surface area contributed by atoms with Crippen LogP contribution in [0, 0.1) is 6.92 Å². The molecule has 0 spiro atoms. The van der Waals surface area contributed by atoms with E-state index in [9.17, 15) is 9.59 Å². The molecule has 0 N–H and O–H groups in total. The molecular weight excluding hydrogens is 368 g/mol. The van der Waals surface area contributed by atoms with Gasteiger partial charge in [-0.3, -0.25) is 4.79 Å². The molecule has 3 nitrogen and oxygen atoms in total. The van der Waals surface area contributed by atoms with E-state index in [0.717, 1.165) is 35.7 Å². The molecule has 0 radical (unpaired) electrons. The molecule has 0 aromatic heterocycles. The van der Waals surface area contributed by atoms with Gasteiger partial charge < -0.3 is 4.74 Å². The summed E-state index contributed by atoms with van der Waals surface area (Å²) in [7, 11) is 0. The van der Waals surface area contributed by atoms with E-state index in [2.05, 4.69) is 33.8 Å². The second-order valence-corrected chi connectivity index (χ2v) is 8.96. The first-order valence-corrected chi connectivity index (χ1v) is 10.6. The van der Waals surface area contributed by atoms with Crippen LogP contribution < -0.4 is 0 Å². The molecule has 0 aliphatic carbocycles. The maximum atomic E-state index is 12.9. The fourth-order valence-corrected chi connectivity index (χ4v) is 3.86. The smallest absolute Gasteiger partial charge is 0.339 e. The van der Waals surface area contributed by atoms with Crippen LogP contribution in [0.1, 0.15) is 78.4 Å². The third kappa shape index (κ3) is 5.48. The summed E-state index contributed by atoms with van der Waals surface area (Å²) in [6.45, 7) is 12.5. The Morgan fingerprint density at radius 1 is 1.04 bits per heavy atom. The molecule has 2 rings (SSSR count). The molecule has 0 fully saturated rings. The van der Waals surface area contributed by atoms with Crippen molar-refractivity contribution in [1.29, 1.82) is 0 Å². The average molecular weight is 399 g/mol. The fraction of sp³-hybridized carbons (Fsp3) is 0.417. The minimum atomic E-state index is -0.384.